The van der Waals surface area contributed by atoms with Crippen molar-refractivity contribution in [2.45, 2.75) is 13.8 Å². The maximum absolute atomic E-state index is 11.8. The van der Waals surface area contributed by atoms with Crippen LogP contribution in [0.3, 0.4) is 0 Å². The van der Waals surface area contributed by atoms with E-state index in [1.165, 1.54) is 5.56 Å². The summed E-state index contributed by atoms with van der Waals surface area (Å²) >= 11 is 3.37. The van der Waals surface area contributed by atoms with Crippen LogP contribution in [0.4, 0.5) is 10.5 Å². The number of benzene rings is 2. The number of ether oxygens (including phenoxy) is 1. The molecule has 2 aromatic rings. The van der Waals surface area contributed by atoms with Gasteiger partial charge in [-0.15, -0.1) is 0 Å². The summed E-state index contributed by atoms with van der Waals surface area (Å²) in [5.41, 5.74) is 3.08. The number of nitrogens with one attached hydrogen (secondary N) is 2. The molecule has 0 aliphatic heterocycles. The fourth-order valence-electron chi connectivity index (χ4n) is 1.72. The molecule has 0 fully saturated rings. The van der Waals surface area contributed by atoms with Gasteiger partial charge in [-0.3, -0.25) is 0 Å². The van der Waals surface area contributed by atoms with Crippen molar-refractivity contribution in [1.82, 2.24) is 5.32 Å². The normalized spacial score (nSPS) is 10.0. The van der Waals surface area contributed by atoms with Crippen molar-refractivity contribution in [1.29, 1.82) is 0 Å². The molecule has 2 rings (SSSR count). The molecule has 0 atom stereocenters. The van der Waals surface area contributed by atoms with Gasteiger partial charge in [-0.05, 0) is 65.2 Å². The summed E-state index contributed by atoms with van der Waals surface area (Å²) in [7, 11) is 0. The molecule has 4 nitrogen and oxygen atoms in total. The predicted molar refractivity (Wildman–Crippen MR) is 87.7 cm³/mol. The number of hydrogen-bond donors (Lipinski definition) is 2. The van der Waals surface area contributed by atoms with Crippen LogP contribution in [0, 0.1) is 13.8 Å². The summed E-state index contributed by atoms with van der Waals surface area (Å²) in [6.45, 7) is 4.18. The Kier molecular flexibility index (Phi) is 5.22. The number of carbonyl (C=O) groups is 1. The highest BCUT2D eigenvalue weighted by atomic mass is 79.9. The summed E-state index contributed by atoms with van der Waals surface area (Å²) in [4.78, 5) is 11.8. The van der Waals surface area contributed by atoms with Gasteiger partial charge in [0.05, 0.1) is 5.69 Å². The smallest absolute Gasteiger partial charge is 0.321 e. The van der Waals surface area contributed by atoms with E-state index in [0.717, 1.165) is 15.8 Å². The van der Waals surface area contributed by atoms with Crippen LogP contribution in [0.1, 0.15) is 11.1 Å². The number of halogens is 1. The number of anilines is 1. The molecule has 0 spiro atoms. The first-order chi connectivity index (χ1) is 10.1. The van der Waals surface area contributed by atoms with E-state index in [2.05, 4.69) is 26.6 Å². The van der Waals surface area contributed by atoms with Crippen molar-refractivity contribution in [2.75, 3.05) is 12.0 Å². The largest absolute Gasteiger partial charge is 0.473 e. The van der Waals surface area contributed by atoms with Crippen LogP contribution in [0.2, 0.25) is 0 Å². The lowest BCUT2D eigenvalue weighted by atomic mass is 10.1. The molecular formula is C16H17BrN2O2. The minimum atomic E-state index is -0.314. The Morgan fingerprint density at radius 3 is 2.62 bits per heavy atom. The van der Waals surface area contributed by atoms with Crippen LogP contribution in [0.5, 0.6) is 5.75 Å². The van der Waals surface area contributed by atoms with Crippen LogP contribution in [-0.4, -0.2) is 12.8 Å². The Morgan fingerprint density at radius 1 is 1.14 bits per heavy atom. The molecule has 2 amide bonds. The zero-order valence-corrected chi connectivity index (χ0v) is 13.5. The zero-order chi connectivity index (χ0) is 15.2. The zero-order valence-electron chi connectivity index (χ0n) is 11.9. The van der Waals surface area contributed by atoms with E-state index in [1.54, 1.807) is 0 Å². The van der Waals surface area contributed by atoms with E-state index in [1.807, 2.05) is 56.3 Å². The van der Waals surface area contributed by atoms with Gasteiger partial charge >= 0.3 is 6.03 Å². The van der Waals surface area contributed by atoms with Crippen LogP contribution in [-0.2, 0) is 0 Å². The highest BCUT2D eigenvalue weighted by Crippen LogP contribution is 2.21. The summed E-state index contributed by atoms with van der Waals surface area (Å²) in [6.07, 6.45) is 0. The predicted octanol–water partition coefficient (Wildman–Crippen LogP) is 4.22. The van der Waals surface area contributed by atoms with E-state index in [0.29, 0.717) is 5.69 Å². The Labute approximate surface area is 132 Å². The lowest BCUT2D eigenvalue weighted by Crippen LogP contribution is -2.32. The fourth-order valence-corrected chi connectivity index (χ4v) is 2.10. The Balaban J connectivity index is 1.82. The quantitative estimate of drug-likeness (QED) is 0.812. The van der Waals surface area contributed by atoms with E-state index in [9.17, 15) is 4.79 Å². The highest BCUT2D eigenvalue weighted by Gasteiger charge is 2.04. The number of carbonyl (C=O) groups excluding carboxylic acids is 1. The van der Waals surface area contributed by atoms with Gasteiger partial charge in [-0.25, -0.2) is 4.79 Å². The molecular weight excluding hydrogens is 332 g/mol. The third-order valence-corrected chi connectivity index (χ3v) is 3.76. The van der Waals surface area contributed by atoms with Gasteiger partial charge in [0.25, 0.3) is 0 Å². The Hall–Kier alpha value is -2.01. The van der Waals surface area contributed by atoms with E-state index >= 15 is 0 Å². The van der Waals surface area contributed by atoms with Crippen LogP contribution < -0.4 is 15.4 Å². The van der Waals surface area contributed by atoms with Gasteiger partial charge in [0.15, 0.2) is 6.73 Å². The molecule has 0 radical (unpaired) electrons. The maximum Gasteiger partial charge on any atom is 0.321 e. The number of hydrogen-bond acceptors (Lipinski definition) is 2. The number of aryl methyl sites for hydroxylation is 2. The molecule has 0 aromatic heterocycles. The standard InChI is InChI=1S/C16H17BrN2O2/c1-11-7-8-13(9-12(11)2)21-10-18-16(20)19-15-6-4-3-5-14(15)17/h3-9H,10H2,1-2H3,(H2,18,19,20). The van der Waals surface area contributed by atoms with Crippen molar-refractivity contribution in [3.05, 3.63) is 58.1 Å². The maximum atomic E-state index is 11.8. The monoisotopic (exact) mass is 348 g/mol. The van der Waals surface area contributed by atoms with Gasteiger partial charge < -0.3 is 15.4 Å². The minimum Gasteiger partial charge on any atom is -0.473 e. The van der Waals surface area contributed by atoms with Gasteiger partial charge in [0, 0.05) is 4.47 Å². The first-order valence-corrected chi connectivity index (χ1v) is 7.35. The van der Waals surface area contributed by atoms with Crippen LogP contribution >= 0.6 is 15.9 Å². The first-order valence-electron chi connectivity index (χ1n) is 6.55. The summed E-state index contributed by atoms with van der Waals surface area (Å²) in [5.74, 6) is 0.735. The third-order valence-electron chi connectivity index (χ3n) is 3.07. The van der Waals surface area contributed by atoms with Crippen molar-refractivity contribution < 1.29 is 9.53 Å². The molecule has 5 heteroatoms. The van der Waals surface area contributed by atoms with Gasteiger partial charge in [0.1, 0.15) is 5.75 Å². The molecule has 2 aromatic carbocycles. The molecule has 0 unspecified atom stereocenters. The average Bonchev–Trinajstić information content (AvgIpc) is 2.45. The molecule has 2 N–H and O–H groups in total. The van der Waals surface area contributed by atoms with E-state index in [-0.39, 0.29) is 12.8 Å². The first kappa shape index (κ1) is 15.4. The lowest BCUT2D eigenvalue weighted by Gasteiger charge is -2.11. The van der Waals surface area contributed by atoms with Gasteiger partial charge in [0.2, 0.25) is 0 Å². The van der Waals surface area contributed by atoms with Crippen molar-refractivity contribution in [2.24, 2.45) is 0 Å². The second-order valence-corrected chi connectivity index (χ2v) is 5.50. The molecule has 0 bridgehead atoms. The fraction of sp³-hybridized carbons (Fsp3) is 0.188. The molecule has 0 saturated heterocycles. The van der Waals surface area contributed by atoms with E-state index < -0.39 is 0 Å². The lowest BCUT2D eigenvalue weighted by molar-refractivity contribution is 0.234. The van der Waals surface area contributed by atoms with Crippen molar-refractivity contribution in [3.8, 4) is 5.75 Å². The summed E-state index contributed by atoms with van der Waals surface area (Å²) < 4.78 is 6.33. The molecule has 0 saturated carbocycles. The Bertz CT molecular complexity index is 644. The number of urea groups is 1. The molecule has 0 aliphatic carbocycles. The number of para-hydroxylation sites is 1. The average molecular weight is 349 g/mol. The number of amides is 2. The van der Waals surface area contributed by atoms with E-state index in [4.69, 9.17) is 4.74 Å². The van der Waals surface area contributed by atoms with Crippen LogP contribution in [0.15, 0.2) is 46.9 Å². The molecule has 21 heavy (non-hydrogen) atoms. The summed E-state index contributed by atoms with van der Waals surface area (Å²) in [6, 6.07) is 12.9. The van der Waals surface area contributed by atoms with Gasteiger partial charge in [-0.2, -0.15) is 0 Å². The van der Waals surface area contributed by atoms with Crippen molar-refractivity contribution >= 4 is 27.6 Å². The highest BCUT2D eigenvalue weighted by molar-refractivity contribution is 9.10. The van der Waals surface area contributed by atoms with Crippen molar-refractivity contribution in [3.63, 3.8) is 0 Å². The third kappa shape index (κ3) is 4.49. The van der Waals surface area contributed by atoms with Gasteiger partial charge in [-0.1, -0.05) is 18.2 Å². The minimum absolute atomic E-state index is 0.110. The molecule has 110 valence electrons. The summed E-state index contributed by atoms with van der Waals surface area (Å²) in [5, 5.41) is 5.39. The second kappa shape index (κ2) is 7.13. The molecule has 0 aliphatic rings. The Morgan fingerprint density at radius 2 is 1.90 bits per heavy atom. The second-order valence-electron chi connectivity index (χ2n) is 4.65. The topological polar surface area (TPSA) is 50.4 Å². The van der Waals surface area contributed by atoms with Crippen LogP contribution in [0.25, 0.3) is 0 Å². The number of rotatable bonds is 4. The molecule has 0 heterocycles. The SMILES string of the molecule is Cc1ccc(OCNC(=O)Nc2ccccc2Br)cc1C.